The van der Waals surface area contributed by atoms with Crippen LogP contribution in [0.5, 0.6) is 5.75 Å². The van der Waals surface area contributed by atoms with Crippen molar-refractivity contribution in [1.29, 1.82) is 0 Å². The molecule has 0 radical (unpaired) electrons. The summed E-state index contributed by atoms with van der Waals surface area (Å²) in [5, 5.41) is 12.7. The zero-order chi connectivity index (χ0) is 29.4. The summed E-state index contributed by atoms with van der Waals surface area (Å²) in [6.07, 6.45) is -2.41. The number of benzene rings is 3. The summed E-state index contributed by atoms with van der Waals surface area (Å²) in [5.41, 5.74) is 3.11. The number of sulfone groups is 1. The smallest absolute Gasteiger partial charge is 0.406 e. The van der Waals surface area contributed by atoms with E-state index in [9.17, 15) is 31.5 Å². The van der Waals surface area contributed by atoms with Crippen molar-refractivity contribution in [1.82, 2.24) is 14.9 Å². The molecule has 2 N–H and O–H groups in total. The van der Waals surface area contributed by atoms with E-state index in [4.69, 9.17) is 4.98 Å². The van der Waals surface area contributed by atoms with Gasteiger partial charge in [0.25, 0.3) is 5.91 Å². The summed E-state index contributed by atoms with van der Waals surface area (Å²) in [5.74, 6) is -0.0224. The monoisotopic (exact) mass is 587 g/mol. The predicted molar refractivity (Wildman–Crippen MR) is 145 cm³/mol. The number of halogens is 3. The van der Waals surface area contributed by atoms with Gasteiger partial charge in [-0.25, -0.2) is 13.4 Å². The molecular formula is C29H28F3N3O5S. The fraction of sp³-hybridized carbons (Fsp3) is 0.310. The van der Waals surface area contributed by atoms with Crippen molar-refractivity contribution in [2.45, 2.75) is 49.5 Å². The van der Waals surface area contributed by atoms with E-state index in [2.05, 4.69) is 14.6 Å². The number of nitrogens with one attached hydrogen (secondary N) is 1. The Hall–Kier alpha value is -3.90. The van der Waals surface area contributed by atoms with Crippen molar-refractivity contribution in [3.05, 3.63) is 89.2 Å². The maximum Gasteiger partial charge on any atom is 0.573 e. The molecule has 0 saturated heterocycles. The Morgan fingerprint density at radius 3 is 2.37 bits per heavy atom. The van der Waals surface area contributed by atoms with Gasteiger partial charge in [-0.2, -0.15) is 0 Å². The van der Waals surface area contributed by atoms with Crippen molar-refractivity contribution in [2.75, 3.05) is 12.4 Å². The van der Waals surface area contributed by atoms with E-state index >= 15 is 0 Å². The van der Waals surface area contributed by atoms with Gasteiger partial charge < -0.3 is 19.7 Å². The Balaban J connectivity index is 1.35. The van der Waals surface area contributed by atoms with Crippen LogP contribution in [0.4, 0.5) is 13.2 Å². The van der Waals surface area contributed by atoms with E-state index in [1.54, 1.807) is 43.3 Å². The number of amides is 1. The quantitative estimate of drug-likeness (QED) is 0.267. The van der Waals surface area contributed by atoms with Crippen LogP contribution in [-0.4, -0.2) is 47.7 Å². The van der Waals surface area contributed by atoms with E-state index in [1.807, 2.05) is 6.07 Å². The number of aromatic nitrogens is 2. The number of imidazole rings is 1. The Morgan fingerprint density at radius 2 is 1.78 bits per heavy atom. The summed E-state index contributed by atoms with van der Waals surface area (Å²) in [4.78, 5) is 18.0. The highest BCUT2D eigenvalue weighted by Crippen LogP contribution is 2.39. The van der Waals surface area contributed by atoms with Crippen LogP contribution in [-0.2, 0) is 16.3 Å². The lowest BCUT2D eigenvalue weighted by atomic mass is 10.1. The normalized spacial score (nSPS) is 14.7. The summed E-state index contributed by atoms with van der Waals surface area (Å²) < 4.78 is 67.7. The second-order valence-corrected chi connectivity index (χ2v) is 12.2. The van der Waals surface area contributed by atoms with E-state index in [-0.39, 0.29) is 29.0 Å². The van der Waals surface area contributed by atoms with Gasteiger partial charge in [0.05, 0.1) is 34.3 Å². The van der Waals surface area contributed by atoms with Gasteiger partial charge in [0, 0.05) is 18.0 Å². The number of aliphatic hydroxyl groups is 1. The van der Waals surface area contributed by atoms with E-state index < -0.39 is 28.1 Å². The van der Waals surface area contributed by atoms with Crippen molar-refractivity contribution in [3.63, 3.8) is 0 Å². The van der Waals surface area contributed by atoms with E-state index in [0.717, 1.165) is 29.7 Å². The Bertz CT molecular complexity index is 1660. The van der Waals surface area contributed by atoms with E-state index in [0.29, 0.717) is 23.1 Å². The Labute approximate surface area is 234 Å². The van der Waals surface area contributed by atoms with Crippen molar-refractivity contribution < 1.29 is 36.2 Å². The number of ether oxygens (including phenoxy) is 1. The summed E-state index contributed by atoms with van der Waals surface area (Å²) in [6.45, 7) is 1.17. The molecule has 12 heteroatoms. The maximum absolute atomic E-state index is 13.1. The molecule has 1 aliphatic carbocycles. The van der Waals surface area contributed by atoms with E-state index in [1.165, 1.54) is 24.3 Å². The molecule has 41 heavy (non-hydrogen) atoms. The number of alkyl halides is 3. The van der Waals surface area contributed by atoms with Crippen LogP contribution in [0.25, 0.3) is 11.0 Å². The molecule has 1 amide bonds. The first kappa shape index (κ1) is 28.6. The van der Waals surface area contributed by atoms with Gasteiger partial charge >= 0.3 is 6.36 Å². The second kappa shape index (κ2) is 11.2. The Kier molecular flexibility index (Phi) is 7.80. The molecule has 0 bridgehead atoms. The highest BCUT2D eigenvalue weighted by molar-refractivity contribution is 7.91. The van der Waals surface area contributed by atoms with Gasteiger partial charge in [-0.15, -0.1) is 13.2 Å². The highest BCUT2D eigenvalue weighted by Gasteiger charge is 2.31. The number of hydrogen-bond donors (Lipinski definition) is 2. The zero-order valence-corrected chi connectivity index (χ0v) is 22.9. The molecule has 216 valence electrons. The molecule has 1 aliphatic rings. The minimum Gasteiger partial charge on any atom is -0.406 e. The lowest BCUT2D eigenvalue weighted by molar-refractivity contribution is -0.274. The standard InChI is InChI=1S/C29H28F3N3O5S/c1-2-41(38,39)23-12-5-19(6-13-23)25(17-36)34-28(37)20-7-14-26-24(16-20)33-27(35(26)21-8-9-21)15-18-3-10-22(11-4-18)40-29(30,31)32/h3-7,10-14,16,21,25,36H,2,8-9,15,17H2,1H3,(H,34,37). The number of nitrogens with zero attached hydrogens (tertiary/aromatic N) is 2. The SMILES string of the molecule is CCS(=O)(=O)c1ccc(C(CO)NC(=O)c2ccc3c(c2)nc(Cc2ccc(OC(F)(F)F)cc2)n3C2CC2)cc1. The summed E-state index contributed by atoms with van der Waals surface area (Å²) in [6, 6.07) is 16.4. The average molecular weight is 588 g/mol. The van der Waals surface area contributed by atoms with Gasteiger partial charge in [0.15, 0.2) is 9.84 Å². The molecular weight excluding hydrogens is 559 g/mol. The van der Waals surface area contributed by atoms with Gasteiger partial charge in [-0.3, -0.25) is 4.79 Å². The molecule has 8 nitrogen and oxygen atoms in total. The molecule has 5 rings (SSSR count). The number of carbonyl (C=O) groups is 1. The molecule has 1 atom stereocenters. The van der Waals surface area contributed by atoms with Crippen molar-refractivity contribution in [2.24, 2.45) is 0 Å². The summed E-state index contributed by atoms with van der Waals surface area (Å²) in [7, 11) is -3.37. The molecule has 1 aromatic heterocycles. The number of hydrogen-bond acceptors (Lipinski definition) is 6. The molecule has 1 heterocycles. The first-order valence-corrected chi connectivity index (χ1v) is 14.7. The Morgan fingerprint density at radius 1 is 1.10 bits per heavy atom. The third-order valence-electron chi connectivity index (χ3n) is 6.97. The van der Waals surface area contributed by atoms with Gasteiger partial charge in [-0.1, -0.05) is 31.2 Å². The van der Waals surface area contributed by atoms with Crippen LogP contribution < -0.4 is 10.1 Å². The number of fused-ring (bicyclic) bond motifs is 1. The molecule has 0 aliphatic heterocycles. The van der Waals surface area contributed by atoms with Crippen LogP contribution in [0.3, 0.4) is 0 Å². The molecule has 4 aromatic rings. The minimum atomic E-state index is -4.76. The molecule has 1 fully saturated rings. The van der Waals surface area contributed by atoms with Crippen LogP contribution >= 0.6 is 0 Å². The third kappa shape index (κ3) is 6.54. The largest absolute Gasteiger partial charge is 0.573 e. The average Bonchev–Trinajstić information content (AvgIpc) is 3.72. The number of rotatable bonds is 10. The fourth-order valence-electron chi connectivity index (χ4n) is 4.70. The van der Waals surface area contributed by atoms with Crippen molar-refractivity contribution >= 4 is 26.8 Å². The fourth-order valence-corrected chi connectivity index (χ4v) is 5.58. The second-order valence-electron chi connectivity index (χ2n) is 9.88. The van der Waals surface area contributed by atoms with Crippen LogP contribution in [0.15, 0.2) is 71.6 Å². The topological polar surface area (TPSA) is 111 Å². The van der Waals surface area contributed by atoms with Gasteiger partial charge in [0.1, 0.15) is 11.6 Å². The van der Waals surface area contributed by atoms with Gasteiger partial charge in [0.2, 0.25) is 0 Å². The van der Waals surface area contributed by atoms with Crippen molar-refractivity contribution in [3.8, 4) is 5.75 Å². The summed E-state index contributed by atoms with van der Waals surface area (Å²) >= 11 is 0. The molecule has 1 unspecified atom stereocenters. The highest BCUT2D eigenvalue weighted by atomic mass is 32.2. The minimum absolute atomic E-state index is 0.0313. The molecule has 0 spiro atoms. The number of carbonyl (C=O) groups excluding carboxylic acids is 1. The van der Waals surface area contributed by atoms with Gasteiger partial charge in [-0.05, 0) is 66.4 Å². The zero-order valence-electron chi connectivity index (χ0n) is 22.1. The van der Waals surface area contributed by atoms with Crippen LogP contribution in [0.2, 0.25) is 0 Å². The van der Waals surface area contributed by atoms with Crippen LogP contribution in [0, 0.1) is 0 Å². The molecule has 3 aromatic carbocycles. The molecule has 1 saturated carbocycles. The maximum atomic E-state index is 13.1. The lowest BCUT2D eigenvalue weighted by Crippen LogP contribution is -2.30. The first-order valence-electron chi connectivity index (χ1n) is 13.1. The van der Waals surface area contributed by atoms with Crippen LogP contribution in [0.1, 0.15) is 59.2 Å². The predicted octanol–water partition coefficient (Wildman–Crippen LogP) is 5.12. The number of aliphatic hydroxyl groups excluding tert-OH is 1. The first-order chi connectivity index (χ1) is 19.5. The third-order valence-corrected chi connectivity index (χ3v) is 8.72. The lowest BCUT2D eigenvalue weighted by Gasteiger charge is -2.17.